The summed E-state index contributed by atoms with van der Waals surface area (Å²) in [5, 5.41) is 0. The number of carbonyl (C=O) groups is 1. The fourth-order valence-electron chi connectivity index (χ4n) is 4.07. The highest BCUT2D eigenvalue weighted by Crippen LogP contribution is 2.48. The van der Waals surface area contributed by atoms with E-state index in [0.29, 0.717) is 31.9 Å². The SMILES string of the molecule is Cc1ccc(C(F)(F)F)cc1N1CCN(C(=O)[C@@H]2C[C@@H]2c2ccc(F)cc2)CC1. The second-order valence-electron chi connectivity index (χ2n) is 7.81. The lowest BCUT2D eigenvalue weighted by Gasteiger charge is -2.37. The van der Waals surface area contributed by atoms with Gasteiger partial charge in [-0.2, -0.15) is 13.2 Å². The Bertz CT molecular complexity index is 902. The summed E-state index contributed by atoms with van der Waals surface area (Å²) in [5.41, 5.74) is 1.68. The molecule has 2 aromatic rings. The van der Waals surface area contributed by atoms with Gasteiger partial charge in [0.05, 0.1) is 5.56 Å². The predicted molar refractivity (Wildman–Crippen MR) is 102 cm³/mol. The maximum absolute atomic E-state index is 13.1. The van der Waals surface area contributed by atoms with E-state index >= 15 is 0 Å². The fourth-order valence-corrected chi connectivity index (χ4v) is 4.07. The molecule has 1 saturated heterocycles. The molecule has 0 aromatic heterocycles. The molecule has 29 heavy (non-hydrogen) atoms. The van der Waals surface area contributed by atoms with Gasteiger partial charge in [-0.1, -0.05) is 18.2 Å². The molecular formula is C22H22F4N2O. The molecule has 1 amide bonds. The van der Waals surface area contributed by atoms with E-state index in [4.69, 9.17) is 0 Å². The van der Waals surface area contributed by atoms with Crippen LogP contribution in [-0.2, 0) is 11.0 Å². The van der Waals surface area contributed by atoms with Gasteiger partial charge in [0.15, 0.2) is 0 Å². The third-order valence-electron chi connectivity index (χ3n) is 5.87. The molecule has 1 aliphatic carbocycles. The monoisotopic (exact) mass is 406 g/mol. The van der Waals surface area contributed by atoms with E-state index in [1.54, 1.807) is 24.0 Å². The van der Waals surface area contributed by atoms with Crippen LogP contribution in [-0.4, -0.2) is 37.0 Å². The molecule has 4 rings (SSSR count). The Morgan fingerprint density at radius 1 is 1.00 bits per heavy atom. The highest BCUT2D eigenvalue weighted by Gasteiger charge is 2.46. The van der Waals surface area contributed by atoms with Gasteiger partial charge in [0, 0.05) is 37.8 Å². The van der Waals surface area contributed by atoms with Crippen LogP contribution in [0.2, 0.25) is 0 Å². The van der Waals surface area contributed by atoms with E-state index in [9.17, 15) is 22.4 Å². The van der Waals surface area contributed by atoms with E-state index in [0.717, 1.165) is 23.6 Å². The number of amides is 1. The molecule has 0 N–H and O–H groups in total. The van der Waals surface area contributed by atoms with E-state index < -0.39 is 11.7 Å². The molecule has 0 spiro atoms. The minimum Gasteiger partial charge on any atom is -0.368 e. The van der Waals surface area contributed by atoms with Crippen molar-refractivity contribution in [3.63, 3.8) is 0 Å². The first-order chi connectivity index (χ1) is 13.7. The van der Waals surface area contributed by atoms with Crippen molar-refractivity contribution in [1.29, 1.82) is 0 Å². The smallest absolute Gasteiger partial charge is 0.368 e. The third kappa shape index (κ3) is 4.09. The summed E-state index contributed by atoms with van der Waals surface area (Å²) in [6.45, 7) is 3.77. The number of hydrogen-bond donors (Lipinski definition) is 0. The van der Waals surface area contributed by atoms with Crippen LogP contribution >= 0.6 is 0 Å². The zero-order valence-electron chi connectivity index (χ0n) is 16.0. The van der Waals surface area contributed by atoms with E-state index in [-0.39, 0.29) is 23.6 Å². The first-order valence-electron chi connectivity index (χ1n) is 9.71. The van der Waals surface area contributed by atoms with Crippen molar-refractivity contribution >= 4 is 11.6 Å². The van der Waals surface area contributed by atoms with Crippen LogP contribution in [0.4, 0.5) is 23.2 Å². The van der Waals surface area contributed by atoms with Crippen molar-refractivity contribution in [1.82, 2.24) is 4.90 Å². The van der Waals surface area contributed by atoms with Crippen LogP contribution in [0.3, 0.4) is 0 Å². The van der Waals surface area contributed by atoms with Crippen molar-refractivity contribution in [2.45, 2.75) is 25.4 Å². The minimum atomic E-state index is -4.37. The Morgan fingerprint density at radius 2 is 1.66 bits per heavy atom. The number of carbonyl (C=O) groups excluding carboxylic acids is 1. The summed E-state index contributed by atoms with van der Waals surface area (Å²) >= 11 is 0. The molecular weight excluding hydrogens is 384 g/mol. The van der Waals surface area contributed by atoms with Crippen LogP contribution in [0.25, 0.3) is 0 Å². The Hall–Kier alpha value is -2.57. The quantitative estimate of drug-likeness (QED) is 0.696. The molecule has 0 unspecified atom stereocenters. The van der Waals surface area contributed by atoms with Crippen LogP contribution < -0.4 is 4.90 Å². The molecule has 2 aliphatic rings. The molecule has 3 nitrogen and oxygen atoms in total. The number of piperazine rings is 1. The first kappa shape index (κ1) is 19.7. The summed E-state index contributed by atoms with van der Waals surface area (Å²) in [7, 11) is 0. The van der Waals surface area contributed by atoms with Gasteiger partial charge in [-0.15, -0.1) is 0 Å². The number of rotatable bonds is 3. The van der Waals surface area contributed by atoms with Crippen LogP contribution in [0.5, 0.6) is 0 Å². The maximum atomic E-state index is 13.1. The average molecular weight is 406 g/mol. The maximum Gasteiger partial charge on any atom is 0.416 e. The normalized spacial score (nSPS) is 22.0. The second kappa shape index (κ2) is 7.35. The Labute approximate surface area is 166 Å². The summed E-state index contributed by atoms with van der Waals surface area (Å²) in [6.07, 6.45) is -3.61. The number of aryl methyl sites for hydroxylation is 1. The highest BCUT2D eigenvalue weighted by molar-refractivity contribution is 5.83. The number of alkyl halides is 3. The van der Waals surface area contributed by atoms with Crippen LogP contribution in [0.15, 0.2) is 42.5 Å². The lowest BCUT2D eigenvalue weighted by atomic mass is 10.1. The molecule has 0 bridgehead atoms. The molecule has 154 valence electrons. The van der Waals surface area contributed by atoms with Gasteiger partial charge in [-0.3, -0.25) is 4.79 Å². The van der Waals surface area contributed by atoms with Crippen LogP contribution in [0.1, 0.15) is 29.0 Å². The largest absolute Gasteiger partial charge is 0.416 e. The summed E-state index contributed by atoms with van der Waals surface area (Å²) in [5.74, 6) is -0.160. The topological polar surface area (TPSA) is 23.6 Å². The second-order valence-corrected chi connectivity index (χ2v) is 7.81. The molecule has 2 aromatic carbocycles. The van der Waals surface area contributed by atoms with Crippen molar-refractivity contribution < 1.29 is 22.4 Å². The van der Waals surface area contributed by atoms with Gasteiger partial charge < -0.3 is 9.80 Å². The third-order valence-corrected chi connectivity index (χ3v) is 5.87. The lowest BCUT2D eigenvalue weighted by Crippen LogP contribution is -2.49. The van der Waals surface area contributed by atoms with Crippen molar-refractivity contribution in [2.75, 3.05) is 31.1 Å². The van der Waals surface area contributed by atoms with Gasteiger partial charge in [-0.05, 0) is 54.7 Å². The van der Waals surface area contributed by atoms with Crippen molar-refractivity contribution in [3.05, 3.63) is 65.0 Å². The average Bonchev–Trinajstić information content (AvgIpc) is 3.48. The van der Waals surface area contributed by atoms with Gasteiger partial charge in [0.2, 0.25) is 5.91 Å². The summed E-state index contributed by atoms with van der Waals surface area (Å²) in [4.78, 5) is 16.5. The summed E-state index contributed by atoms with van der Waals surface area (Å²) in [6, 6.07) is 10.0. The number of anilines is 1. The predicted octanol–water partition coefficient (Wildman–Crippen LogP) is 4.61. The van der Waals surface area contributed by atoms with Gasteiger partial charge in [-0.25, -0.2) is 4.39 Å². The van der Waals surface area contributed by atoms with E-state index in [1.165, 1.54) is 24.3 Å². The molecule has 7 heteroatoms. The number of halogens is 4. The van der Waals surface area contributed by atoms with Crippen molar-refractivity contribution in [3.8, 4) is 0 Å². The minimum absolute atomic E-state index is 0.0812. The van der Waals surface area contributed by atoms with E-state index in [2.05, 4.69) is 0 Å². The fraction of sp³-hybridized carbons (Fsp3) is 0.409. The van der Waals surface area contributed by atoms with Gasteiger partial charge >= 0.3 is 6.18 Å². The zero-order chi connectivity index (χ0) is 20.8. The van der Waals surface area contributed by atoms with Gasteiger partial charge in [0.1, 0.15) is 5.82 Å². The van der Waals surface area contributed by atoms with Crippen molar-refractivity contribution in [2.24, 2.45) is 5.92 Å². The molecule has 2 fully saturated rings. The number of hydrogen-bond acceptors (Lipinski definition) is 2. The molecule has 0 radical (unpaired) electrons. The van der Waals surface area contributed by atoms with Crippen LogP contribution in [0, 0.1) is 18.7 Å². The molecule has 1 saturated carbocycles. The Kier molecular flexibility index (Phi) is 5.00. The lowest BCUT2D eigenvalue weighted by molar-refractivity contribution is -0.137. The summed E-state index contributed by atoms with van der Waals surface area (Å²) < 4.78 is 52.2. The first-order valence-corrected chi connectivity index (χ1v) is 9.71. The Balaban J connectivity index is 1.38. The molecule has 1 aliphatic heterocycles. The molecule has 2 atom stereocenters. The molecule has 1 heterocycles. The van der Waals surface area contributed by atoms with Gasteiger partial charge in [0.25, 0.3) is 0 Å². The highest BCUT2D eigenvalue weighted by atomic mass is 19.4. The zero-order valence-corrected chi connectivity index (χ0v) is 16.0. The number of nitrogens with zero attached hydrogens (tertiary/aromatic N) is 2. The van der Waals surface area contributed by atoms with E-state index in [1.807, 2.05) is 4.90 Å². The standard InChI is InChI=1S/C22H22F4N2O/c1-14-2-5-16(22(24,25)26)12-20(14)27-8-10-28(11-9-27)21(29)19-13-18(19)15-3-6-17(23)7-4-15/h2-7,12,18-19H,8-11,13H2,1H3/t18-,19-/m1/s1. The number of benzene rings is 2. The Morgan fingerprint density at radius 3 is 2.28 bits per heavy atom.